The molecule has 3 rings (SSSR count). The van der Waals surface area contributed by atoms with E-state index < -0.39 is 0 Å². The molecule has 0 bridgehead atoms. The van der Waals surface area contributed by atoms with E-state index >= 15 is 0 Å². The van der Waals surface area contributed by atoms with Crippen molar-refractivity contribution in [1.82, 2.24) is 15.5 Å². The molecule has 1 aliphatic rings. The third kappa shape index (κ3) is 5.42. The Balaban J connectivity index is 1.53. The van der Waals surface area contributed by atoms with Gasteiger partial charge in [-0.1, -0.05) is 30.3 Å². The highest BCUT2D eigenvalue weighted by atomic mass is 16.5. The Morgan fingerprint density at radius 1 is 1.30 bits per heavy atom. The minimum Gasteiger partial charge on any atom is -0.376 e. The molecule has 2 heterocycles. The largest absolute Gasteiger partial charge is 0.376 e. The first-order valence-electron chi connectivity index (χ1n) is 9.93. The van der Waals surface area contributed by atoms with Crippen LogP contribution in [0.1, 0.15) is 57.1 Å². The fourth-order valence-electron chi connectivity index (χ4n) is 4.27. The summed E-state index contributed by atoms with van der Waals surface area (Å²) in [7, 11) is 0. The van der Waals surface area contributed by atoms with Crippen LogP contribution in [0.5, 0.6) is 0 Å². The van der Waals surface area contributed by atoms with Crippen molar-refractivity contribution >= 4 is 5.91 Å². The summed E-state index contributed by atoms with van der Waals surface area (Å²) in [6.45, 7) is 5.80. The van der Waals surface area contributed by atoms with Gasteiger partial charge in [-0.2, -0.15) is 5.10 Å². The number of aromatic nitrogens is 2. The van der Waals surface area contributed by atoms with Crippen LogP contribution < -0.4 is 5.32 Å². The van der Waals surface area contributed by atoms with E-state index in [2.05, 4.69) is 59.7 Å². The van der Waals surface area contributed by atoms with Crippen LogP contribution in [0.15, 0.2) is 42.7 Å². The Kier molecular flexibility index (Phi) is 6.32. The van der Waals surface area contributed by atoms with E-state index in [4.69, 9.17) is 4.74 Å². The molecular formula is C22H31N3O2. The maximum absolute atomic E-state index is 12.2. The van der Waals surface area contributed by atoms with Gasteiger partial charge < -0.3 is 10.1 Å². The first kappa shape index (κ1) is 19.6. The minimum atomic E-state index is -0.136. The quantitative estimate of drug-likeness (QED) is 0.744. The Morgan fingerprint density at radius 2 is 2.11 bits per heavy atom. The summed E-state index contributed by atoms with van der Waals surface area (Å²) >= 11 is 0. The second kappa shape index (κ2) is 8.70. The highest BCUT2D eigenvalue weighted by Crippen LogP contribution is 2.43. The van der Waals surface area contributed by atoms with Crippen molar-refractivity contribution in [3.05, 3.63) is 53.9 Å². The Labute approximate surface area is 161 Å². The number of aryl methyl sites for hydroxylation is 1. The van der Waals surface area contributed by atoms with Gasteiger partial charge in [-0.15, -0.1) is 0 Å². The van der Waals surface area contributed by atoms with Crippen molar-refractivity contribution in [2.75, 3.05) is 13.2 Å². The van der Waals surface area contributed by atoms with E-state index in [0.717, 1.165) is 44.3 Å². The van der Waals surface area contributed by atoms with Gasteiger partial charge in [0.1, 0.15) is 0 Å². The Bertz CT molecular complexity index is 712. The lowest BCUT2D eigenvalue weighted by molar-refractivity contribution is -0.121. The molecule has 27 heavy (non-hydrogen) atoms. The molecular weight excluding hydrogens is 338 g/mol. The Hall–Kier alpha value is -2.14. The summed E-state index contributed by atoms with van der Waals surface area (Å²) < 4.78 is 5.96. The van der Waals surface area contributed by atoms with Crippen LogP contribution in [0.2, 0.25) is 0 Å². The standard InChI is InChI=1S/C22H31N3O2/c1-21(2)17-22(12-14-27-21,19-8-4-3-5-9-19)11-13-23-20(26)10-6-7-18-15-24-25-16-18/h3-5,8-9,15-16H,6-7,10-14,17H2,1-2H3,(H,23,26)(H,24,25)/t22-/m1/s1. The SMILES string of the molecule is CC1(C)C[C@](CCNC(=O)CCCc2cn[nH]c2)(c2ccccc2)CCO1. The zero-order valence-corrected chi connectivity index (χ0v) is 16.5. The van der Waals surface area contributed by atoms with Crippen molar-refractivity contribution < 1.29 is 9.53 Å². The summed E-state index contributed by atoms with van der Waals surface area (Å²) in [6.07, 6.45) is 8.88. The van der Waals surface area contributed by atoms with Gasteiger partial charge >= 0.3 is 0 Å². The average molecular weight is 370 g/mol. The molecule has 1 aromatic carbocycles. The predicted octanol–water partition coefficient (Wildman–Crippen LogP) is 3.77. The second-order valence-corrected chi connectivity index (χ2v) is 8.24. The third-order valence-electron chi connectivity index (χ3n) is 5.57. The molecule has 1 atom stereocenters. The first-order chi connectivity index (χ1) is 13.0. The lowest BCUT2D eigenvalue weighted by Gasteiger charge is -2.45. The maximum atomic E-state index is 12.2. The number of hydrogen-bond donors (Lipinski definition) is 2. The van der Waals surface area contributed by atoms with Gasteiger partial charge in [-0.25, -0.2) is 0 Å². The lowest BCUT2D eigenvalue weighted by Crippen LogP contribution is -2.45. The number of rotatable bonds is 8. The van der Waals surface area contributed by atoms with E-state index in [-0.39, 0.29) is 16.9 Å². The molecule has 1 aliphatic heterocycles. The van der Waals surface area contributed by atoms with Crippen molar-refractivity contribution in [3.63, 3.8) is 0 Å². The highest BCUT2D eigenvalue weighted by molar-refractivity contribution is 5.75. The van der Waals surface area contributed by atoms with Crippen LogP contribution in [0.4, 0.5) is 0 Å². The first-order valence-corrected chi connectivity index (χ1v) is 9.93. The summed E-state index contributed by atoms with van der Waals surface area (Å²) in [5.74, 6) is 0.132. The summed E-state index contributed by atoms with van der Waals surface area (Å²) in [5, 5.41) is 9.87. The number of nitrogens with zero attached hydrogens (tertiary/aromatic N) is 1. The van der Waals surface area contributed by atoms with E-state index in [1.54, 1.807) is 0 Å². The van der Waals surface area contributed by atoms with E-state index in [1.165, 1.54) is 5.56 Å². The zero-order valence-electron chi connectivity index (χ0n) is 16.5. The Morgan fingerprint density at radius 3 is 2.81 bits per heavy atom. The van der Waals surface area contributed by atoms with Gasteiger partial charge in [0.25, 0.3) is 0 Å². The van der Waals surface area contributed by atoms with Crippen LogP contribution >= 0.6 is 0 Å². The fourth-order valence-corrected chi connectivity index (χ4v) is 4.27. The molecule has 1 amide bonds. The maximum Gasteiger partial charge on any atom is 0.220 e. The summed E-state index contributed by atoms with van der Waals surface area (Å²) in [6, 6.07) is 10.7. The van der Waals surface area contributed by atoms with Crippen molar-refractivity contribution in [1.29, 1.82) is 0 Å². The minimum absolute atomic E-state index is 0.0626. The highest BCUT2D eigenvalue weighted by Gasteiger charge is 2.41. The molecule has 5 heteroatoms. The molecule has 1 fully saturated rings. The van der Waals surface area contributed by atoms with Gasteiger partial charge in [0.05, 0.1) is 11.8 Å². The molecule has 2 aromatic rings. The molecule has 0 unspecified atom stereocenters. The fraction of sp³-hybridized carbons (Fsp3) is 0.545. The number of benzene rings is 1. The molecule has 146 valence electrons. The van der Waals surface area contributed by atoms with Gasteiger partial charge in [-0.05, 0) is 57.1 Å². The molecule has 2 N–H and O–H groups in total. The lowest BCUT2D eigenvalue weighted by atomic mass is 9.67. The zero-order chi connectivity index (χ0) is 19.2. The topological polar surface area (TPSA) is 67.0 Å². The number of carbonyl (C=O) groups is 1. The number of aromatic amines is 1. The molecule has 1 aromatic heterocycles. The molecule has 1 saturated heterocycles. The van der Waals surface area contributed by atoms with Crippen LogP contribution in [-0.2, 0) is 21.4 Å². The van der Waals surface area contributed by atoms with E-state index in [0.29, 0.717) is 13.0 Å². The summed E-state index contributed by atoms with van der Waals surface area (Å²) in [5.41, 5.74) is 2.43. The van der Waals surface area contributed by atoms with Gasteiger partial charge in [0, 0.05) is 31.2 Å². The van der Waals surface area contributed by atoms with E-state index in [1.807, 2.05) is 12.4 Å². The summed E-state index contributed by atoms with van der Waals surface area (Å²) in [4.78, 5) is 12.2. The average Bonchev–Trinajstić information content (AvgIpc) is 3.15. The number of nitrogens with one attached hydrogen (secondary N) is 2. The van der Waals surface area contributed by atoms with Crippen LogP contribution in [-0.4, -0.2) is 34.9 Å². The normalized spacial score (nSPS) is 21.7. The third-order valence-corrected chi connectivity index (χ3v) is 5.57. The van der Waals surface area contributed by atoms with Crippen molar-refractivity contribution in [2.45, 2.75) is 63.4 Å². The number of amides is 1. The van der Waals surface area contributed by atoms with E-state index in [9.17, 15) is 4.79 Å². The van der Waals surface area contributed by atoms with Crippen LogP contribution in [0, 0.1) is 0 Å². The number of H-pyrrole nitrogens is 1. The number of carbonyl (C=O) groups excluding carboxylic acids is 1. The predicted molar refractivity (Wildman–Crippen MR) is 107 cm³/mol. The monoisotopic (exact) mass is 369 g/mol. The molecule has 0 saturated carbocycles. The van der Waals surface area contributed by atoms with Crippen molar-refractivity contribution in [3.8, 4) is 0 Å². The molecule has 0 spiro atoms. The smallest absolute Gasteiger partial charge is 0.220 e. The van der Waals surface area contributed by atoms with Crippen molar-refractivity contribution in [2.24, 2.45) is 0 Å². The molecule has 0 aliphatic carbocycles. The molecule has 0 radical (unpaired) electrons. The number of ether oxygens (including phenoxy) is 1. The van der Waals surface area contributed by atoms with Crippen LogP contribution in [0.3, 0.4) is 0 Å². The van der Waals surface area contributed by atoms with Gasteiger partial charge in [0.15, 0.2) is 0 Å². The van der Waals surface area contributed by atoms with Gasteiger partial charge in [0.2, 0.25) is 5.91 Å². The second-order valence-electron chi connectivity index (χ2n) is 8.24. The molecule has 5 nitrogen and oxygen atoms in total. The number of hydrogen-bond acceptors (Lipinski definition) is 3. The van der Waals surface area contributed by atoms with Gasteiger partial charge in [-0.3, -0.25) is 9.89 Å². The van der Waals surface area contributed by atoms with Crippen LogP contribution in [0.25, 0.3) is 0 Å².